The maximum absolute atomic E-state index is 14.1. The molecule has 0 amide bonds. The summed E-state index contributed by atoms with van der Waals surface area (Å²) >= 11 is 0. The van der Waals surface area contributed by atoms with Crippen LogP contribution < -0.4 is 5.32 Å². The first-order chi connectivity index (χ1) is 14.8. The Morgan fingerprint density at radius 2 is 2.03 bits per heavy atom. The highest BCUT2D eigenvalue weighted by atomic mass is 16.5. The molecule has 31 heavy (non-hydrogen) atoms. The van der Waals surface area contributed by atoms with Gasteiger partial charge in [-0.3, -0.25) is 4.79 Å². The summed E-state index contributed by atoms with van der Waals surface area (Å²) in [5.41, 5.74) is 3.43. The van der Waals surface area contributed by atoms with Crippen molar-refractivity contribution in [3.05, 3.63) is 22.8 Å². The Balaban J connectivity index is 1.39. The SMILES string of the molecule is CC1=C2C(=O)C3C(CC=C4C[C@@H](O)CC[C@@]43C)[C@@H]2CC[C@]12O[C@@H]1C[C@H](C)CN[C@H]1[C@H]2C. The van der Waals surface area contributed by atoms with Crippen LogP contribution in [0.5, 0.6) is 0 Å². The van der Waals surface area contributed by atoms with E-state index in [0.29, 0.717) is 35.5 Å². The van der Waals surface area contributed by atoms with E-state index in [-0.39, 0.29) is 29.1 Å². The van der Waals surface area contributed by atoms with Gasteiger partial charge in [0.1, 0.15) is 0 Å². The van der Waals surface area contributed by atoms with Crippen molar-refractivity contribution in [2.24, 2.45) is 35.0 Å². The zero-order valence-corrected chi connectivity index (χ0v) is 19.6. The first kappa shape index (κ1) is 20.6. The number of carbonyl (C=O) groups excluding carboxylic acids is 1. The second-order valence-corrected chi connectivity index (χ2v) is 12.1. The standard InChI is InChI=1S/C27H39NO3/c1-14-11-21-24(28-13-14)16(3)27(31-21)10-8-19-20-6-5-17-12-18(29)7-9-26(17,4)23(20)25(30)22(19)15(27)2/h5,14,16,18-21,23-24,28-29H,6-13H2,1-4H3/t14-,16+,18-,19-,20?,21+,23?,24-,26-,27-/m0/s1. The van der Waals surface area contributed by atoms with Gasteiger partial charge in [0, 0.05) is 23.5 Å². The molecule has 2 heterocycles. The predicted octanol–water partition coefficient (Wildman–Crippen LogP) is 4.18. The summed E-state index contributed by atoms with van der Waals surface area (Å²) in [4.78, 5) is 14.1. The number of nitrogens with one attached hydrogen (secondary N) is 1. The van der Waals surface area contributed by atoms with Gasteiger partial charge >= 0.3 is 0 Å². The van der Waals surface area contributed by atoms with E-state index in [4.69, 9.17) is 4.74 Å². The third kappa shape index (κ3) is 2.62. The molecule has 4 fully saturated rings. The third-order valence-corrected chi connectivity index (χ3v) is 10.6. The van der Waals surface area contributed by atoms with Crippen molar-refractivity contribution in [3.63, 3.8) is 0 Å². The number of aliphatic hydroxyl groups is 1. The fourth-order valence-electron chi connectivity index (χ4n) is 8.93. The van der Waals surface area contributed by atoms with E-state index in [2.05, 4.69) is 39.1 Å². The molecular formula is C27H39NO3. The maximum atomic E-state index is 14.1. The molecule has 0 radical (unpaired) electrons. The molecule has 4 aliphatic carbocycles. The summed E-state index contributed by atoms with van der Waals surface area (Å²) in [7, 11) is 0. The third-order valence-electron chi connectivity index (χ3n) is 10.6. The molecule has 1 spiro atoms. The monoisotopic (exact) mass is 425 g/mol. The number of ketones is 1. The maximum Gasteiger partial charge on any atom is 0.163 e. The van der Waals surface area contributed by atoms with E-state index in [0.717, 1.165) is 57.1 Å². The van der Waals surface area contributed by atoms with Crippen LogP contribution in [0.3, 0.4) is 0 Å². The van der Waals surface area contributed by atoms with Gasteiger partial charge in [-0.1, -0.05) is 32.4 Å². The zero-order chi connectivity index (χ0) is 21.7. The average molecular weight is 426 g/mol. The largest absolute Gasteiger partial charge is 0.393 e. The second kappa shape index (κ2) is 6.77. The lowest BCUT2D eigenvalue weighted by atomic mass is 9.56. The molecule has 0 aromatic carbocycles. The van der Waals surface area contributed by atoms with Crippen molar-refractivity contribution in [2.45, 2.75) is 96.5 Å². The lowest BCUT2D eigenvalue weighted by Crippen LogP contribution is -2.49. The van der Waals surface area contributed by atoms with Crippen molar-refractivity contribution in [1.29, 1.82) is 0 Å². The molecule has 2 saturated heterocycles. The van der Waals surface area contributed by atoms with Crippen LogP contribution in [0.1, 0.15) is 72.6 Å². The van der Waals surface area contributed by atoms with Gasteiger partial charge in [0.15, 0.2) is 5.78 Å². The quantitative estimate of drug-likeness (QED) is 0.572. The van der Waals surface area contributed by atoms with E-state index in [1.54, 1.807) is 0 Å². The number of hydrogen-bond donors (Lipinski definition) is 2. The summed E-state index contributed by atoms with van der Waals surface area (Å²) in [6.45, 7) is 10.3. The molecular weight excluding hydrogens is 386 g/mol. The van der Waals surface area contributed by atoms with Crippen LogP contribution in [0.4, 0.5) is 0 Å². The minimum atomic E-state index is -0.263. The van der Waals surface area contributed by atoms with Gasteiger partial charge in [-0.25, -0.2) is 0 Å². The number of aliphatic hydroxyl groups excluding tert-OH is 1. The van der Waals surface area contributed by atoms with E-state index < -0.39 is 0 Å². The number of piperidine rings is 1. The molecule has 170 valence electrons. The summed E-state index contributed by atoms with van der Waals surface area (Å²) in [6, 6.07) is 0.410. The molecule has 0 aromatic heterocycles. The second-order valence-electron chi connectivity index (χ2n) is 12.1. The van der Waals surface area contributed by atoms with Crippen LogP contribution in [0.25, 0.3) is 0 Å². The Morgan fingerprint density at radius 3 is 2.84 bits per heavy atom. The molecule has 4 heteroatoms. The summed E-state index contributed by atoms with van der Waals surface area (Å²) in [5, 5.41) is 14.0. The van der Waals surface area contributed by atoms with Gasteiger partial charge in [0.25, 0.3) is 0 Å². The number of fused-ring (bicyclic) bond motifs is 6. The molecule has 0 bridgehead atoms. The van der Waals surface area contributed by atoms with Crippen molar-refractivity contribution in [1.82, 2.24) is 5.32 Å². The fraction of sp³-hybridized carbons (Fsp3) is 0.815. The van der Waals surface area contributed by atoms with E-state index in [1.807, 2.05) is 0 Å². The first-order valence-corrected chi connectivity index (χ1v) is 12.8. The van der Waals surface area contributed by atoms with Gasteiger partial charge in [0.2, 0.25) is 0 Å². The number of allylic oxidation sites excluding steroid dienone is 2. The zero-order valence-electron chi connectivity index (χ0n) is 19.6. The van der Waals surface area contributed by atoms with Gasteiger partial charge in [-0.2, -0.15) is 0 Å². The van der Waals surface area contributed by atoms with Crippen molar-refractivity contribution in [3.8, 4) is 0 Å². The minimum absolute atomic E-state index is 0.0653. The van der Waals surface area contributed by atoms with E-state index >= 15 is 0 Å². The normalized spacial score (nSPS) is 53.7. The highest BCUT2D eigenvalue weighted by molar-refractivity contribution is 6.02. The Kier molecular flexibility index (Phi) is 4.51. The van der Waals surface area contributed by atoms with Crippen LogP contribution in [-0.4, -0.2) is 41.3 Å². The van der Waals surface area contributed by atoms with Crippen LogP contribution >= 0.6 is 0 Å². The molecule has 6 rings (SSSR count). The average Bonchev–Trinajstić information content (AvgIpc) is 3.18. The molecule has 4 nitrogen and oxygen atoms in total. The molecule has 2 N–H and O–H groups in total. The van der Waals surface area contributed by atoms with Crippen molar-refractivity contribution >= 4 is 5.78 Å². The Labute approximate surface area is 186 Å². The fourth-order valence-corrected chi connectivity index (χ4v) is 8.93. The first-order valence-electron chi connectivity index (χ1n) is 12.8. The molecule has 2 saturated carbocycles. The molecule has 0 aromatic rings. The summed E-state index contributed by atoms with van der Waals surface area (Å²) in [5.74, 6) is 2.41. The highest BCUT2D eigenvalue weighted by Crippen LogP contribution is 2.63. The number of rotatable bonds is 0. The number of ether oxygens (including phenoxy) is 1. The Bertz CT molecular complexity index is 876. The number of carbonyl (C=O) groups is 1. The van der Waals surface area contributed by atoms with Crippen molar-refractivity contribution in [2.75, 3.05) is 6.54 Å². The van der Waals surface area contributed by atoms with E-state index in [9.17, 15) is 9.90 Å². The number of Topliss-reactive ketones (excluding diaryl/α,β-unsaturated/α-hetero) is 1. The molecule has 10 atom stereocenters. The minimum Gasteiger partial charge on any atom is -0.393 e. The molecule has 2 unspecified atom stereocenters. The van der Waals surface area contributed by atoms with Crippen LogP contribution in [0.2, 0.25) is 0 Å². The Morgan fingerprint density at radius 1 is 1.23 bits per heavy atom. The Hall–Kier alpha value is -0.970. The van der Waals surface area contributed by atoms with Gasteiger partial charge in [0.05, 0.1) is 17.8 Å². The molecule has 6 aliphatic rings. The van der Waals surface area contributed by atoms with Gasteiger partial charge in [-0.05, 0) is 87.2 Å². The highest BCUT2D eigenvalue weighted by Gasteiger charge is 2.63. The van der Waals surface area contributed by atoms with E-state index in [1.165, 1.54) is 11.1 Å². The smallest absolute Gasteiger partial charge is 0.163 e. The summed E-state index contributed by atoms with van der Waals surface area (Å²) in [6.07, 6.45) is 9.23. The van der Waals surface area contributed by atoms with Gasteiger partial charge < -0.3 is 15.2 Å². The van der Waals surface area contributed by atoms with Crippen molar-refractivity contribution < 1.29 is 14.6 Å². The van der Waals surface area contributed by atoms with Gasteiger partial charge in [-0.15, -0.1) is 0 Å². The van der Waals surface area contributed by atoms with Crippen LogP contribution in [0.15, 0.2) is 22.8 Å². The number of hydrogen-bond acceptors (Lipinski definition) is 4. The molecule has 2 aliphatic heterocycles. The lowest BCUT2D eigenvalue weighted by molar-refractivity contribution is -0.123. The van der Waals surface area contributed by atoms with Crippen LogP contribution in [-0.2, 0) is 9.53 Å². The lowest BCUT2D eigenvalue weighted by Gasteiger charge is -2.48. The summed E-state index contributed by atoms with van der Waals surface area (Å²) < 4.78 is 6.93. The topological polar surface area (TPSA) is 58.6 Å². The predicted molar refractivity (Wildman–Crippen MR) is 120 cm³/mol. The van der Waals surface area contributed by atoms with Crippen LogP contribution in [0, 0.1) is 35.0 Å².